The first kappa shape index (κ1) is 21.7. The zero-order chi connectivity index (χ0) is 15.1. The second-order valence-electron chi connectivity index (χ2n) is 3.41. The summed E-state index contributed by atoms with van der Waals surface area (Å²) in [6.07, 6.45) is 7.66. The lowest BCUT2D eigenvalue weighted by atomic mass is 10.1. The lowest BCUT2D eigenvalue weighted by Crippen LogP contribution is -1.78. The molecule has 0 amide bonds. The summed E-state index contributed by atoms with van der Waals surface area (Å²) < 4.78 is 0. The molecule has 18 heavy (non-hydrogen) atoms. The Morgan fingerprint density at radius 2 is 0.778 bits per heavy atom. The lowest BCUT2D eigenvalue weighted by Gasteiger charge is -1.98. The molecule has 102 valence electrons. The molecule has 0 atom stereocenters. The summed E-state index contributed by atoms with van der Waals surface area (Å²) in [6.45, 7) is 27.2. The predicted molar refractivity (Wildman–Crippen MR) is 88.9 cm³/mol. The van der Waals surface area contributed by atoms with Crippen molar-refractivity contribution in [3.8, 4) is 0 Å². The number of allylic oxidation sites excluding steroid dienone is 8. The molecule has 0 spiro atoms. The fourth-order valence-corrected chi connectivity index (χ4v) is 0.700. The van der Waals surface area contributed by atoms with Crippen LogP contribution in [0.5, 0.6) is 0 Å². The van der Waals surface area contributed by atoms with E-state index in [0.717, 1.165) is 22.3 Å². The topological polar surface area (TPSA) is 0 Å². The first-order chi connectivity index (χ1) is 8.43. The number of hydrogen-bond donors (Lipinski definition) is 0. The molecule has 0 unspecified atom stereocenters. The fourth-order valence-electron chi connectivity index (χ4n) is 0.700. The zero-order valence-corrected chi connectivity index (χ0v) is 13.1. The quantitative estimate of drug-likeness (QED) is 0.491. The van der Waals surface area contributed by atoms with Crippen LogP contribution in [0.15, 0.2) is 72.9 Å². The van der Waals surface area contributed by atoms with Gasteiger partial charge in [0.25, 0.3) is 0 Å². The Morgan fingerprint density at radius 1 is 0.556 bits per heavy atom. The van der Waals surface area contributed by atoms with E-state index < -0.39 is 0 Å². The maximum Gasteiger partial charge on any atom is -0.0262 e. The lowest BCUT2D eigenvalue weighted by molar-refractivity contribution is 1.50. The van der Waals surface area contributed by atoms with Gasteiger partial charge in [-0.1, -0.05) is 89.5 Å². The second kappa shape index (κ2) is 15.4. The smallest absolute Gasteiger partial charge is 0.0262 e. The summed E-state index contributed by atoms with van der Waals surface area (Å²) in [4.78, 5) is 0. The summed E-state index contributed by atoms with van der Waals surface area (Å²) in [5.74, 6) is 0. The Kier molecular flexibility index (Phi) is 18.6. The van der Waals surface area contributed by atoms with Crippen LogP contribution in [0.4, 0.5) is 0 Å². The van der Waals surface area contributed by atoms with Gasteiger partial charge in [-0.2, -0.15) is 0 Å². The van der Waals surface area contributed by atoms with Crippen molar-refractivity contribution in [2.24, 2.45) is 0 Å². The van der Waals surface area contributed by atoms with Crippen LogP contribution in [0.2, 0.25) is 0 Å². The molecule has 0 aliphatic heterocycles. The first-order valence-corrected chi connectivity index (χ1v) is 6.49. The molecule has 0 fully saturated rings. The van der Waals surface area contributed by atoms with E-state index in [2.05, 4.69) is 26.3 Å². The van der Waals surface area contributed by atoms with Gasteiger partial charge in [-0.15, -0.1) is 0 Å². The van der Waals surface area contributed by atoms with Crippen molar-refractivity contribution >= 4 is 0 Å². The van der Waals surface area contributed by atoms with Crippen LogP contribution in [0.3, 0.4) is 0 Å². The molecule has 0 radical (unpaired) electrons. The minimum Gasteiger partial charge on any atom is -0.0961 e. The molecule has 0 saturated carbocycles. The monoisotopic (exact) mass is 246 g/mol. The van der Waals surface area contributed by atoms with Gasteiger partial charge in [0.2, 0.25) is 0 Å². The SMILES string of the molecule is C=C(C)/C=C\C(=C)C(=C)/C=C\C(=C)C.CC.CC. The van der Waals surface area contributed by atoms with Gasteiger partial charge in [-0.25, -0.2) is 0 Å². The molecule has 0 N–H and O–H groups in total. The fraction of sp³-hybridized carbons (Fsp3) is 0.333. The largest absolute Gasteiger partial charge is 0.0961 e. The molecule has 0 saturated heterocycles. The van der Waals surface area contributed by atoms with Crippen LogP contribution in [0, 0.1) is 0 Å². The Hall–Kier alpha value is -1.56. The minimum absolute atomic E-state index is 0.894. The third kappa shape index (κ3) is 16.9. The van der Waals surface area contributed by atoms with E-state index in [-0.39, 0.29) is 0 Å². The normalized spacial score (nSPS) is 9.00. The Bertz CT molecular complexity index is 288. The van der Waals surface area contributed by atoms with Crippen LogP contribution in [0.25, 0.3) is 0 Å². The summed E-state index contributed by atoms with van der Waals surface area (Å²) in [7, 11) is 0. The third-order valence-electron chi connectivity index (χ3n) is 1.55. The second-order valence-corrected chi connectivity index (χ2v) is 3.41. The van der Waals surface area contributed by atoms with E-state index in [9.17, 15) is 0 Å². The predicted octanol–water partition coefficient (Wildman–Crippen LogP) is 6.42. The van der Waals surface area contributed by atoms with Gasteiger partial charge >= 0.3 is 0 Å². The van der Waals surface area contributed by atoms with Crippen LogP contribution in [-0.4, -0.2) is 0 Å². The van der Waals surface area contributed by atoms with Crippen molar-refractivity contribution in [1.29, 1.82) is 0 Å². The van der Waals surface area contributed by atoms with Gasteiger partial charge in [0.15, 0.2) is 0 Å². The van der Waals surface area contributed by atoms with Gasteiger partial charge < -0.3 is 0 Å². The van der Waals surface area contributed by atoms with E-state index >= 15 is 0 Å². The molecule has 0 aromatic rings. The van der Waals surface area contributed by atoms with Crippen LogP contribution in [0.1, 0.15) is 41.5 Å². The van der Waals surface area contributed by atoms with E-state index in [4.69, 9.17) is 0 Å². The van der Waals surface area contributed by atoms with E-state index in [1.165, 1.54) is 0 Å². The number of rotatable bonds is 5. The zero-order valence-electron chi connectivity index (χ0n) is 13.1. The molecule has 0 aromatic heterocycles. The van der Waals surface area contributed by atoms with E-state index in [1.54, 1.807) is 0 Å². The van der Waals surface area contributed by atoms with Gasteiger partial charge in [0.1, 0.15) is 0 Å². The highest BCUT2D eigenvalue weighted by molar-refractivity contribution is 5.45. The van der Waals surface area contributed by atoms with Gasteiger partial charge in [-0.3, -0.25) is 0 Å². The van der Waals surface area contributed by atoms with Crippen molar-refractivity contribution < 1.29 is 0 Å². The highest BCUT2D eigenvalue weighted by Gasteiger charge is 1.90. The first-order valence-electron chi connectivity index (χ1n) is 6.49. The maximum absolute atomic E-state index is 3.90. The Labute approximate surface area is 115 Å². The molecule has 0 aliphatic carbocycles. The highest BCUT2D eigenvalue weighted by atomic mass is 14.0. The average molecular weight is 246 g/mol. The average Bonchev–Trinajstić information content (AvgIpc) is 2.37. The van der Waals surface area contributed by atoms with Gasteiger partial charge in [0.05, 0.1) is 0 Å². The minimum atomic E-state index is 0.894. The van der Waals surface area contributed by atoms with Crippen LogP contribution in [-0.2, 0) is 0 Å². The maximum atomic E-state index is 3.90. The van der Waals surface area contributed by atoms with Crippen molar-refractivity contribution in [3.05, 3.63) is 72.9 Å². The summed E-state index contributed by atoms with van der Waals surface area (Å²) in [5.41, 5.74) is 3.79. The van der Waals surface area contributed by atoms with Crippen LogP contribution < -0.4 is 0 Å². The number of hydrogen-bond acceptors (Lipinski definition) is 0. The molecular weight excluding hydrogens is 216 g/mol. The molecular formula is C18H30. The molecule has 0 rings (SSSR count). The molecule has 0 bridgehead atoms. The standard InChI is InChI=1S/C14H18.2C2H6/c1-11(2)7-9-13(5)14(6)10-8-12(3)4;2*1-2/h7-10H,1,3,5-6H2,2,4H3;2*1-2H3/b9-7-,10-8-;;. The Morgan fingerprint density at radius 3 is 0.944 bits per heavy atom. The molecule has 0 aromatic carbocycles. The molecule has 0 heterocycles. The van der Waals surface area contributed by atoms with Gasteiger partial charge in [0, 0.05) is 0 Å². The summed E-state index contributed by atoms with van der Waals surface area (Å²) in [5, 5.41) is 0. The van der Waals surface area contributed by atoms with Crippen LogP contribution >= 0.6 is 0 Å². The van der Waals surface area contributed by atoms with E-state index in [1.807, 2.05) is 65.8 Å². The summed E-state index contributed by atoms with van der Waals surface area (Å²) in [6, 6.07) is 0. The van der Waals surface area contributed by atoms with Gasteiger partial charge in [-0.05, 0) is 25.0 Å². The summed E-state index contributed by atoms with van der Waals surface area (Å²) >= 11 is 0. The van der Waals surface area contributed by atoms with Crippen molar-refractivity contribution in [2.75, 3.05) is 0 Å². The highest BCUT2D eigenvalue weighted by Crippen LogP contribution is 2.10. The molecule has 0 heteroatoms. The van der Waals surface area contributed by atoms with Crippen molar-refractivity contribution in [2.45, 2.75) is 41.5 Å². The van der Waals surface area contributed by atoms with Crippen molar-refractivity contribution in [3.63, 3.8) is 0 Å². The van der Waals surface area contributed by atoms with Crippen molar-refractivity contribution in [1.82, 2.24) is 0 Å². The third-order valence-corrected chi connectivity index (χ3v) is 1.55. The molecule has 0 nitrogen and oxygen atoms in total. The van der Waals surface area contributed by atoms with E-state index in [0.29, 0.717) is 0 Å². The molecule has 0 aliphatic rings. The Balaban J connectivity index is -0.000000506.